The molecule has 0 saturated heterocycles. The van der Waals surface area contributed by atoms with E-state index < -0.39 is 0 Å². The van der Waals surface area contributed by atoms with E-state index in [0.29, 0.717) is 25.5 Å². The quantitative estimate of drug-likeness (QED) is 0.806. The van der Waals surface area contributed by atoms with Crippen LogP contribution in [0.25, 0.3) is 0 Å². The number of nitrogens with zero attached hydrogens (tertiary/aromatic N) is 4. The number of hydrogen-bond acceptors (Lipinski definition) is 4. The molecular weight excluding hydrogens is 316 g/mol. The third-order valence-corrected chi connectivity index (χ3v) is 5.10. The van der Waals surface area contributed by atoms with Crippen LogP contribution in [0.2, 0.25) is 0 Å². The summed E-state index contributed by atoms with van der Waals surface area (Å²) in [4.78, 5) is 14.8. The molecule has 0 bridgehead atoms. The minimum Gasteiger partial charge on any atom is -0.379 e. The van der Waals surface area contributed by atoms with Crippen LogP contribution in [0.15, 0.2) is 30.3 Å². The molecule has 25 heavy (non-hydrogen) atoms. The van der Waals surface area contributed by atoms with Crippen molar-refractivity contribution in [2.75, 3.05) is 19.8 Å². The van der Waals surface area contributed by atoms with Crippen molar-refractivity contribution < 1.29 is 9.53 Å². The van der Waals surface area contributed by atoms with Gasteiger partial charge in [0, 0.05) is 26.6 Å². The van der Waals surface area contributed by atoms with Gasteiger partial charge in [0.15, 0.2) is 0 Å². The number of ether oxygens (including phenoxy) is 1. The fourth-order valence-corrected chi connectivity index (χ4v) is 3.44. The molecule has 2 heterocycles. The third-order valence-electron chi connectivity index (χ3n) is 5.10. The normalized spacial score (nSPS) is 19.7. The Bertz CT molecular complexity index is 739. The van der Waals surface area contributed by atoms with Crippen LogP contribution >= 0.6 is 0 Å². The van der Waals surface area contributed by atoms with E-state index in [2.05, 4.69) is 10.3 Å². The lowest BCUT2D eigenvalue weighted by Gasteiger charge is -2.34. The lowest BCUT2D eigenvalue weighted by atomic mass is 10.0. The zero-order valence-electron chi connectivity index (χ0n) is 14.6. The SMILES string of the molecule is Cn1nnc2c1CCN(C(=O)Cc1ccccc1)C2COCC1CC1. The van der Waals surface area contributed by atoms with Gasteiger partial charge in [0.05, 0.1) is 18.7 Å². The number of aryl methyl sites for hydroxylation is 1. The summed E-state index contributed by atoms with van der Waals surface area (Å²) in [5.41, 5.74) is 3.05. The summed E-state index contributed by atoms with van der Waals surface area (Å²) in [6.07, 6.45) is 3.73. The molecule has 6 heteroatoms. The van der Waals surface area contributed by atoms with Gasteiger partial charge in [-0.2, -0.15) is 0 Å². The first kappa shape index (κ1) is 16.3. The first-order valence-corrected chi connectivity index (χ1v) is 9.02. The minimum atomic E-state index is -0.132. The van der Waals surface area contributed by atoms with Crippen molar-refractivity contribution in [2.45, 2.75) is 31.7 Å². The second kappa shape index (κ2) is 6.96. The van der Waals surface area contributed by atoms with Gasteiger partial charge in [0.2, 0.25) is 5.91 Å². The first-order chi connectivity index (χ1) is 12.2. The Hall–Kier alpha value is -2.21. The van der Waals surface area contributed by atoms with Gasteiger partial charge in [-0.1, -0.05) is 35.5 Å². The van der Waals surface area contributed by atoms with Gasteiger partial charge >= 0.3 is 0 Å². The van der Waals surface area contributed by atoms with Gasteiger partial charge < -0.3 is 9.64 Å². The maximum Gasteiger partial charge on any atom is 0.227 e. The molecule has 0 N–H and O–H groups in total. The largest absolute Gasteiger partial charge is 0.379 e. The molecule has 1 unspecified atom stereocenters. The van der Waals surface area contributed by atoms with Gasteiger partial charge in [-0.05, 0) is 24.3 Å². The molecule has 1 fully saturated rings. The maximum absolute atomic E-state index is 12.9. The summed E-state index contributed by atoms with van der Waals surface area (Å²) < 4.78 is 7.74. The number of hydrogen-bond donors (Lipinski definition) is 0. The molecule has 0 radical (unpaired) electrons. The van der Waals surface area contributed by atoms with Crippen LogP contribution in [-0.4, -0.2) is 45.6 Å². The third kappa shape index (κ3) is 3.58. The Kier molecular flexibility index (Phi) is 4.53. The van der Waals surface area contributed by atoms with E-state index >= 15 is 0 Å². The highest BCUT2D eigenvalue weighted by Crippen LogP contribution is 2.31. The van der Waals surface area contributed by atoms with E-state index in [1.807, 2.05) is 47.0 Å². The van der Waals surface area contributed by atoms with E-state index in [-0.39, 0.29) is 11.9 Å². The molecule has 1 aliphatic heterocycles. The summed E-state index contributed by atoms with van der Waals surface area (Å²) in [5, 5.41) is 8.48. The lowest BCUT2D eigenvalue weighted by molar-refractivity contribution is -0.135. The second-order valence-corrected chi connectivity index (χ2v) is 7.04. The van der Waals surface area contributed by atoms with Gasteiger partial charge in [-0.15, -0.1) is 5.10 Å². The van der Waals surface area contributed by atoms with Crippen molar-refractivity contribution in [2.24, 2.45) is 13.0 Å². The lowest BCUT2D eigenvalue weighted by Crippen LogP contribution is -2.43. The molecule has 1 aromatic carbocycles. The van der Waals surface area contributed by atoms with Crippen molar-refractivity contribution >= 4 is 5.91 Å². The molecule has 1 saturated carbocycles. The summed E-state index contributed by atoms with van der Waals surface area (Å²) in [5.74, 6) is 0.834. The molecule has 1 aromatic heterocycles. The second-order valence-electron chi connectivity index (χ2n) is 7.04. The van der Waals surface area contributed by atoms with Gasteiger partial charge in [-0.3, -0.25) is 9.48 Å². The van der Waals surface area contributed by atoms with Crippen molar-refractivity contribution in [3.8, 4) is 0 Å². The molecule has 2 aliphatic rings. The molecule has 2 aromatic rings. The van der Waals surface area contributed by atoms with E-state index in [0.717, 1.165) is 30.0 Å². The number of fused-ring (bicyclic) bond motifs is 1. The molecule has 4 rings (SSSR count). The summed E-state index contributed by atoms with van der Waals surface area (Å²) >= 11 is 0. The average Bonchev–Trinajstić information content (AvgIpc) is 3.37. The van der Waals surface area contributed by atoms with Crippen molar-refractivity contribution in [1.82, 2.24) is 19.9 Å². The number of benzene rings is 1. The zero-order chi connectivity index (χ0) is 17.2. The molecule has 1 aliphatic carbocycles. The predicted octanol–water partition coefficient (Wildman–Crippen LogP) is 1.91. The Balaban J connectivity index is 1.50. The highest BCUT2D eigenvalue weighted by atomic mass is 16.5. The van der Waals surface area contributed by atoms with Crippen LogP contribution in [-0.2, 0) is 29.4 Å². The van der Waals surface area contributed by atoms with E-state index in [4.69, 9.17) is 4.74 Å². The summed E-state index contributed by atoms with van der Waals surface area (Å²) in [6.45, 7) is 1.98. The molecule has 6 nitrogen and oxygen atoms in total. The van der Waals surface area contributed by atoms with Crippen molar-refractivity contribution in [1.29, 1.82) is 0 Å². The van der Waals surface area contributed by atoms with Gasteiger partial charge in [0.1, 0.15) is 11.7 Å². The molecule has 1 amide bonds. The Morgan fingerprint density at radius 1 is 1.24 bits per heavy atom. The van der Waals surface area contributed by atoms with Crippen LogP contribution in [0.5, 0.6) is 0 Å². The molecule has 1 atom stereocenters. The zero-order valence-corrected chi connectivity index (χ0v) is 14.6. The van der Waals surface area contributed by atoms with E-state index in [9.17, 15) is 4.79 Å². The summed E-state index contributed by atoms with van der Waals surface area (Å²) in [6, 6.07) is 9.76. The van der Waals surface area contributed by atoms with Gasteiger partial charge in [-0.25, -0.2) is 0 Å². The first-order valence-electron chi connectivity index (χ1n) is 9.02. The monoisotopic (exact) mass is 340 g/mol. The average molecular weight is 340 g/mol. The minimum absolute atomic E-state index is 0.127. The number of amides is 1. The standard InChI is InChI=1S/C19H24N4O2/c1-22-16-9-10-23(18(24)11-14-5-3-2-4-6-14)17(19(16)20-21-22)13-25-12-15-7-8-15/h2-6,15,17H,7-13H2,1H3. The number of aromatic nitrogens is 3. The number of carbonyl (C=O) groups is 1. The smallest absolute Gasteiger partial charge is 0.227 e. The highest BCUT2D eigenvalue weighted by molar-refractivity contribution is 5.79. The Morgan fingerprint density at radius 3 is 2.80 bits per heavy atom. The van der Waals surface area contributed by atoms with E-state index in [1.165, 1.54) is 12.8 Å². The molecular formula is C19H24N4O2. The van der Waals surface area contributed by atoms with Crippen LogP contribution in [0.1, 0.15) is 35.8 Å². The van der Waals surface area contributed by atoms with Crippen LogP contribution in [0.3, 0.4) is 0 Å². The van der Waals surface area contributed by atoms with Crippen LogP contribution in [0.4, 0.5) is 0 Å². The fourth-order valence-electron chi connectivity index (χ4n) is 3.44. The number of rotatable bonds is 6. The fraction of sp³-hybridized carbons (Fsp3) is 0.526. The summed E-state index contributed by atoms with van der Waals surface area (Å²) in [7, 11) is 1.91. The molecule has 0 spiro atoms. The van der Waals surface area contributed by atoms with Gasteiger partial charge in [0.25, 0.3) is 0 Å². The maximum atomic E-state index is 12.9. The Morgan fingerprint density at radius 2 is 2.04 bits per heavy atom. The number of carbonyl (C=O) groups excluding carboxylic acids is 1. The van der Waals surface area contributed by atoms with Crippen molar-refractivity contribution in [3.05, 3.63) is 47.3 Å². The van der Waals surface area contributed by atoms with Crippen LogP contribution in [0, 0.1) is 5.92 Å². The van der Waals surface area contributed by atoms with Crippen LogP contribution < -0.4 is 0 Å². The predicted molar refractivity (Wildman–Crippen MR) is 92.9 cm³/mol. The van der Waals surface area contributed by atoms with Crippen molar-refractivity contribution in [3.63, 3.8) is 0 Å². The Labute approximate surface area is 147 Å². The topological polar surface area (TPSA) is 60.2 Å². The highest BCUT2D eigenvalue weighted by Gasteiger charge is 2.35. The van der Waals surface area contributed by atoms with E-state index in [1.54, 1.807) is 0 Å². The molecule has 132 valence electrons.